The minimum absolute atomic E-state index is 0.0223. The Morgan fingerprint density at radius 2 is 1.71 bits per heavy atom. The van der Waals surface area contributed by atoms with E-state index in [9.17, 15) is 4.79 Å². The van der Waals surface area contributed by atoms with Crippen LogP contribution in [-0.4, -0.2) is 20.6 Å². The zero-order chi connectivity index (χ0) is 19.2. The summed E-state index contributed by atoms with van der Waals surface area (Å²) in [6.45, 7) is 1.63. The van der Waals surface area contributed by atoms with Gasteiger partial charge in [-0.1, -0.05) is 42.5 Å². The van der Waals surface area contributed by atoms with Gasteiger partial charge in [0.25, 0.3) is 5.91 Å². The topological polar surface area (TPSA) is 51.3 Å². The molecular weight excluding hydrogens is 350 g/mol. The molecule has 4 rings (SSSR count). The van der Waals surface area contributed by atoms with Crippen molar-refractivity contribution in [2.75, 3.05) is 0 Å². The van der Waals surface area contributed by atoms with Crippen molar-refractivity contribution in [3.8, 4) is 0 Å². The Labute approximate surface area is 163 Å². The summed E-state index contributed by atoms with van der Waals surface area (Å²) in [6, 6.07) is 23.3. The summed E-state index contributed by atoms with van der Waals surface area (Å²) in [4.78, 5) is 15.0. The Morgan fingerprint density at radius 3 is 2.39 bits per heavy atom. The molecule has 140 valence electrons. The molecule has 5 nitrogen and oxygen atoms in total. The molecule has 2 aromatic carbocycles. The lowest BCUT2D eigenvalue weighted by Gasteiger charge is -2.22. The molecule has 0 aliphatic rings. The van der Waals surface area contributed by atoms with Crippen molar-refractivity contribution in [3.05, 3.63) is 114 Å². The molecule has 0 N–H and O–H groups in total. The van der Waals surface area contributed by atoms with Crippen molar-refractivity contribution in [2.45, 2.75) is 19.6 Å². The summed E-state index contributed by atoms with van der Waals surface area (Å²) in [7, 11) is 0. The van der Waals surface area contributed by atoms with Crippen LogP contribution in [0.4, 0.5) is 0 Å². The van der Waals surface area contributed by atoms with Gasteiger partial charge in [-0.05, 0) is 41.5 Å². The molecule has 0 fully saturated rings. The number of hydrogen-bond acceptors (Lipinski definition) is 3. The van der Waals surface area contributed by atoms with Gasteiger partial charge in [0.2, 0.25) is 0 Å². The van der Waals surface area contributed by atoms with E-state index in [4.69, 9.17) is 4.42 Å². The van der Waals surface area contributed by atoms with Gasteiger partial charge in [0.1, 0.15) is 5.76 Å². The van der Waals surface area contributed by atoms with E-state index in [-0.39, 0.29) is 5.91 Å². The van der Waals surface area contributed by atoms with Crippen molar-refractivity contribution < 1.29 is 9.21 Å². The first kappa shape index (κ1) is 17.8. The largest absolute Gasteiger partial charge is 0.467 e. The summed E-state index contributed by atoms with van der Waals surface area (Å²) in [5.74, 6) is 0.741. The highest BCUT2D eigenvalue weighted by molar-refractivity contribution is 5.94. The van der Waals surface area contributed by atoms with Gasteiger partial charge in [0, 0.05) is 24.5 Å². The van der Waals surface area contributed by atoms with Crippen LogP contribution < -0.4 is 0 Å². The Hall–Kier alpha value is -3.60. The predicted octanol–water partition coefficient (Wildman–Crippen LogP) is 4.37. The zero-order valence-electron chi connectivity index (χ0n) is 15.4. The van der Waals surface area contributed by atoms with E-state index >= 15 is 0 Å². The number of hydrogen-bond donors (Lipinski definition) is 0. The summed E-state index contributed by atoms with van der Waals surface area (Å²) in [6.07, 6.45) is 5.31. The molecule has 0 unspecified atom stereocenters. The second kappa shape index (κ2) is 8.39. The van der Waals surface area contributed by atoms with E-state index in [0.717, 1.165) is 16.9 Å². The van der Waals surface area contributed by atoms with Crippen LogP contribution in [0.15, 0.2) is 95.9 Å². The molecule has 5 heteroatoms. The summed E-state index contributed by atoms with van der Waals surface area (Å²) in [5, 5.41) is 4.22. The van der Waals surface area contributed by atoms with Gasteiger partial charge in [-0.15, -0.1) is 0 Å². The van der Waals surface area contributed by atoms with Crippen molar-refractivity contribution in [1.82, 2.24) is 14.7 Å². The second-order valence-corrected chi connectivity index (χ2v) is 6.63. The number of nitrogens with zero attached hydrogens (tertiary/aromatic N) is 3. The summed E-state index contributed by atoms with van der Waals surface area (Å²) >= 11 is 0. The van der Waals surface area contributed by atoms with Crippen molar-refractivity contribution in [3.63, 3.8) is 0 Å². The Morgan fingerprint density at radius 1 is 0.893 bits per heavy atom. The SMILES string of the molecule is O=C(c1ccc(Cn2cccn2)cc1)N(Cc1ccccc1)Cc1ccco1. The van der Waals surface area contributed by atoms with Crippen LogP contribution in [0.1, 0.15) is 27.2 Å². The highest BCUT2D eigenvalue weighted by Crippen LogP contribution is 2.16. The second-order valence-electron chi connectivity index (χ2n) is 6.63. The molecule has 0 radical (unpaired) electrons. The molecule has 0 spiro atoms. The maximum absolute atomic E-state index is 13.2. The van der Waals surface area contributed by atoms with Crippen LogP contribution in [0.5, 0.6) is 0 Å². The van der Waals surface area contributed by atoms with Gasteiger partial charge in [-0.2, -0.15) is 5.10 Å². The third-order valence-electron chi connectivity index (χ3n) is 4.53. The third-order valence-corrected chi connectivity index (χ3v) is 4.53. The lowest BCUT2D eigenvalue weighted by Crippen LogP contribution is -2.30. The van der Waals surface area contributed by atoms with Crippen LogP contribution in [-0.2, 0) is 19.6 Å². The van der Waals surface area contributed by atoms with Crippen LogP contribution in [0.25, 0.3) is 0 Å². The molecule has 0 bridgehead atoms. The van der Waals surface area contributed by atoms with Crippen molar-refractivity contribution >= 4 is 5.91 Å². The first-order chi connectivity index (χ1) is 13.8. The van der Waals surface area contributed by atoms with Crippen LogP contribution in [0.2, 0.25) is 0 Å². The van der Waals surface area contributed by atoms with Gasteiger partial charge < -0.3 is 9.32 Å². The molecule has 2 aromatic heterocycles. The fourth-order valence-corrected chi connectivity index (χ4v) is 3.11. The predicted molar refractivity (Wildman–Crippen MR) is 106 cm³/mol. The maximum atomic E-state index is 13.2. The van der Waals surface area contributed by atoms with Gasteiger partial charge in [0.05, 0.1) is 19.4 Å². The van der Waals surface area contributed by atoms with Crippen LogP contribution >= 0.6 is 0 Å². The molecule has 28 heavy (non-hydrogen) atoms. The normalized spacial score (nSPS) is 10.7. The Bertz CT molecular complexity index is 992. The van der Waals surface area contributed by atoms with E-state index in [2.05, 4.69) is 5.10 Å². The van der Waals surface area contributed by atoms with Crippen molar-refractivity contribution in [1.29, 1.82) is 0 Å². The first-order valence-electron chi connectivity index (χ1n) is 9.20. The van der Waals surface area contributed by atoms with Gasteiger partial charge >= 0.3 is 0 Å². The Balaban J connectivity index is 1.52. The van der Waals surface area contributed by atoms with Gasteiger partial charge in [-0.3, -0.25) is 9.48 Å². The summed E-state index contributed by atoms with van der Waals surface area (Å²) < 4.78 is 7.32. The molecule has 1 amide bonds. The fourth-order valence-electron chi connectivity index (χ4n) is 3.11. The molecule has 0 aliphatic carbocycles. The molecule has 4 aromatic rings. The highest BCUT2D eigenvalue weighted by Gasteiger charge is 2.18. The fraction of sp³-hybridized carbons (Fsp3) is 0.130. The molecule has 0 aliphatic heterocycles. The summed E-state index contributed by atoms with van der Waals surface area (Å²) in [5.41, 5.74) is 2.84. The number of amides is 1. The Kier molecular flexibility index (Phi) is 5.33. The minimum atomic E-state index is -0.0223. The average Bonchev–Trinajstić information content (AvgIpc) is 3.43. The zero-order valence-corrected chi connectivity index (χ0v) is 15.4. The lowest BCUT2D eigenvalue weighted by molar-refractivity contribution is 0.0717. The van der Waals surface area contributed by atoms with E-state index in [0.29, 0.717) is 25.2 Å². The van der Waals surface area contributed by atoms with E-state index in [1.165, 1.54) is 0 Å². The molecule has 0 atom stereocenters. The monoisotopic (exact) mass is 371 g/mol. The number of rotatable bonds is 7. The van der Waals surface area contributed by atoms with E-state index < -0.39 is 0 Å². The molecule has 2 heterocycles. The van der Waals surface area contributed by atoms with Crippen LogP contribution in [0, 0.1) is 0 Å². The first-order valence-corrected chi connectivity index (χ1v) is 9.20. The number of carbonyl (C=O) groups is 1. The maximum Gasteiger partial charge on any atom is 0.254 e. The van der Waals surface area contributed by atoms with E-state index in [1.807, 2.05) is 83.7 Å². The number of benzene rings is 2. The number of carbonyl (C=O) groups excluding carboxylic acids is 1. The molecular formula is C23H21N3O2. The smallest absolute Gasteiger partial charge is 0.254 e. The third kappa shape index (κ3) is 4.38. The number of furan rings is 1. The van der Waals surface area contributed by atoms with E-state index in [1.54, 1.807) is 17.4 Å². The molecule has 0 saturated heterocycles. The lowest BCUT2D eigenvalue weighted by atomic mass is 10.1. The molecule has 0 saturated carbocycles. The average molecular weight is 371 g/mol. The standard InChI is InChI=1S/C23H21N3O2/c27-23(21-11-9-20(10-12-21)17-26-14-5-13-24-26)25(18-22-8-4-15-28-22)16-19-6-2-1-3-7-19/h1-15H,16-18H2. The van der Waals surface area contributed by atoms with Crippen LogP contribution in [0.3, 0.4) is 0 Å². The van der Waals surface area contributed by atoms with Gasteiger partial charge in [0.15, 0.2) is 0 Å². The van der Waals surface area contributed by atoms with Crippen molar-refractivity contribution in [2.24, 2.45) is 0 Å². The van der Waals surface area contributed by atoms with Gasteiger partial charge in [-0.25, -0.2) is 0 Å². The minimum Gasteiger partial charge on any atom is -0.467 e. The highest BCUT2D eigenvalue weighted by atomic mass is 16.3. The number of aromatic nitrogens is 2. The quantitative estimate of drug-likeness (QED) is 0.485.